The third-order valence-corrected chi connectivity index (χ3v) is 6.49. The Kier molecular flexibility index (Phi) is 7.37. The number of aliphatic hydroxyl groups is 1. The number of halogens is 1. The second-order valence-corrected chi connectivity index (χ2v) is 9.42. The maximum absolute atomic E-state index is 13.9. The van der Waals surface area contributed by atoms with Crippen molar-refractivity contribution in [1.29, 1.82) is 0 Å². The van der Waals surface area contributed by atoms with E-state index in [0.717, 1.165) is 12.8 Å². The minimum Gasteiger partial charge on any atom is -0.472 e. The summed E-state index contributed by atoms with van der Waals surface area (Å²) in [5, 5.41) is 9.79. The summed E-state index contributed by atoms with van der Waals surface area (Å²) >= 11 is 0. The first kappa shape index (κ1) is 24.7. The van der Waals surface area contributed by atoms with E-state index in [1.807, 2.05) is 6.92 Å². The fourth-order valence-electron chi connectivity index (χ4n) is 4.09. The molecule has 1 aromatic carbocycles. The van der Waals surface area contributed by atoms with E-state index in [9.17, 15) is 19.1 Å². The predicted molar refractivity (Wildman–Crippen MR) is 128 cm³/mol. The van der Waals surface area contributed by atoms with Gasteiger partial charge in [-0.3, -0.25) is 9.59 Å². The van der Waals surface area contributed by atoms with Crippen LogP contribution in [0, 0.1) is 29.5 Å². The number of carbonyl (C=O) groups excluding carboxylic acids is 2. The molecule has 4 rings (SSSR count). The van der Waals surface area contributed by atoms with Crippen LogP contribution in [0.1, 0.15) is 48.2 Å². The lowest BCUT2D eigenvalue weighted by molar-refractivity contribution is -0.132. The standard InChI is InChI=1S/C27H30FN3O4/c1-17-14-31(18(2)16-32)27(34)22-12-19(8-9-20-6-4-5-7-23(20)28)13-29-25(22)35-24(17)15-30(3)26(33)21-10-11-21/h4-7,12-13,17-18,21,24,32H,10-11,14-16H2,1-3H3/t17-,18+,24-/m1/s1. The van der Waals surface area contributed by atoms with E-state index in [-0.39, 0.29) is 47.3 Å². The van der Waals surface area contributed by atoms with Crippen molar-refractivity contribution in [1.82, 2.24) is 14.8 Å². The summed E-state index contributed by atoms with van der Waals surface area (Å²) in [6.07, 6.45) is 2.93. The molecular weight excluding hydrogens is 449 g/mol. The zero-order valence-corrected chi connectivity index (χ0v) is 20.2. The molecule has 0 radical (unpaired) electrons. The Morgan fingerprint density at radius 3 is 2.77 bits per heavy atom. The van der Waals surface area contributed by atoms with E-state index in [4.69, 9.17) is 4.74 Å². The van der Waals surface area contributed by atoms with Crippen LogP contribution in [0.4, 0.5) is 4.39 Å². The van der Waals surface area contributed by atoms with Gasteiger partial charge in [0.05, 0.1) is 24.8 Å². The van der Waals surface area contributed by atoms with E-state index in [1.165, 1.54) is 12.3 Å². The SMILES string of the molecule is C[C@@H]1CN([C@@H](C)CO)C(=O)c2cc(C#Cc3ccccc3F)cnc2O[C@@H]1CN(C)C(=O)C1CC1. The molecule has 8 heteroatoms. The average molecular weight is 480 g/mol. The highest BCUT2D eigenvalue weighted by Crippen LogP contribution is 2.32. The van der Waals surface area contributed by atoms with Crippen molar-refractivity contribution in [3.05, 3.63) is 59.0 Å². The number of nitrogens with zero attached hydrogens (tertiary/aromatic N) is 3. The van der Waals surface area contributed by atoms with Crippen LogP contribution >= 0.6 is 0 Å². The van der Waals surface area contributed by atoms with Crippen LogP contribution in [0.25, 0.3) is 0 Å². The maximum Gasteiger partial charge on any atom is 0.259 e. The number of fused-ring (bicyclic) bond motifs is 1. The lowest BCUT2D eigenvalue weighted by atomic mass is 9.99. The molecule has 1 aliphatic carbocycles. The van der Waals surface area contributed by atoms with Gasteiger partial charge in [0.15, 0.2) is 0 Å². The highest BCUT2D eigenvalue weighted by atomic mass is 19.1. The van der Waals surface area contributed by atoms with E-state index < -0.39 is 18.0 Å². The van der Waals surface area contributed by atoms with Crippen LogP contribution in [0.2, 0.25) is 0 Å². The Balaban J connectivity index is 1.67. The van der Waals surface area contributed by atoms with E-state index in [0.29, 0.717) is 18.7 Å². The number of rotatable bonds is 5. The zero-order chi connectivity index (χ0) is 25.1. The highest BCUT2D eigenvalue weighted by molar-refractivity contribution is 5.97. The summed E-state index contributed by atoms with van der Waals surface area (Å²) in [4.78, 5) is 33.7. The van der Waals surface area contributed by atoms with Gasteiger partial charge >= 0.3 is 0 Å². The molecule has 1 N–H and O–H groups in total. The van der Waals surface area contributed by atoms with Gasteiger partial charge in [-0.05, 0) is 38.0 Å². The van der Waals surface area contributed by atoms with Gasteiger partial charge in [-0.15, -0.1) is 0 Å². The molecule has 2 heterocycles. The summed E-state index contributed by atoms with van der Waals surface area (Å²) < 4.78 is 20.2. The van der Waals surface area contributed by atoms with Crippen molar-refractivity contribution in [3.8, 4) is 17.7 Å². The summed E-state index contributed by atoms with van der Waals surface area (Å²) in [5.41, 5.74) is 0.903. The Hall–Kier alpha value is -3.44. The number of aliphatic hydroxyl groups excluding tert-OH is 1. The maximum atomic E-state index is 13.9. The zero-order valence-electron chi connectivity index (χ0n) is 20.2. The minimum absolute atomic E-state index is 0.0948. The monoisotopic (exact) mass is 479 g/mol. The molecule has 3 atom stereocenters. The van der Waals surface area contributed by atoms with Crippen molar-refractivity contribution in [2.45, 2.75) is 38.8 Å². The van der Waals surface area contributed by atoms with Crippen molar-refractivity contribution in [3.63, 3.8) is 0 Å². The molecular formula is C27H30FN3O4. The summed E-state index contributed by atoms with van der Waals surface area (Å²) in [6.45, 7) is 4.26. The fourth-order valence-corrected chi connectivity index (χ4v) is 4.09. The number of aromatic nitrogens is 1. The molecule has 1 fully saturated rings. The highest BCUT2D eigenvalue weighted by Gasteiger charge is 2.37. The number of likely N-dealkylation sites (N-methyl/N-ethyl adjacent to an activating group) is 1. The molecule has 0 unspecified atom stereocenters. The first-order chi connectivity index (χ1) is 16.8. The smallest absolute Gasteiger partial charge is 0.259 e. The Bertz CT molecular complexity index is 1170. The summed E-state index contributed by atoms with van der Waals surface area (Å²) in [6, 6.07) is 7.36. The van der Waals surface area contributed by atoms with Gasteiger partial charge in [-0.1, -0.05) is 30.9 Å². The van der Waals surface area contributed by atoms with Gasteiger partial charge in [-0.25, -0.2) is 9.37 Å². The van der Waals surface area contributed by atoms with Gasteiger partial charge in [0.25, 0.3) is 5.91 Å². The van der Waals surface area contributed by atoms with Crippen molar-refractivity contribution in [2.24, 2.45) is 11.8 Å². The van der Waals surface area contributed by atoms with Gasteiger partial charge in [0.2, 0.25) is 11.8 Å². The third-order valence-electron chi connectivity index (χ3n) is 6.49. The molecule has 35 heavy (non-hydrogen) atoms. The van der Waals surface area contributed by atoms with Crippen molar-refractivity contribution in [2.75, 3.05) is 26.7 Å². The topological polar surface area (TPSA) is 83.0 Å². The largest absolute Gasteiger partial charge is 0.472 e. The molecule has 2 aromatic rings. The molecule has 1 aliphatic heterocycles. The van der Waals surface area contributed by atoms with Crippen LogP contribution in [0.15, 0.2) is 36.5 Å². The van der Waals surface area contributed by atoms with Gasteiger partial charge in [0, 0.05) is 37.2 Å². The number of hydrogen-bond donors (Lipinski definition) is 1. The first-order valence-electron chi connectivity index (χ1n) is 11.9. The molecule has 1 aromatic heterocycles. The second kappa shape index (κ2) is 10.4. The van der Waals surface area contributed by atoms with Gasteiger partial charge in [0.1, 0.15) is 17.5 Å². The number of pyridine rings is 1. The molecule has 2 aliphatic rings. The normalized spacial score (nSPS) is 20.5. The van der Waals surface area contributed by atoms with Crippen LogP contribution < -0.4 is 4.74 Å². The van der Waals surface area contributed by atoms with Crippen LogP contribution in [-0.2, 0) is 4.79 Å². The van der Waals surface area contributed by atoms with Crippen molar-refractivity contribution >= 4 is 11.8 Å². The third kappa shape index (κ3) is 5.63. The number of carbonyl (C=O) groups is 2. The quantitative estimate of drug-likeness (QED) is 0.667. The van der Waals surface area contributed by atoms with Gasteiger partial charge in [-0.2, -0.15) is 0 Å². The number of amides is 2. The average Bonchev–Trinajstić information content (AvgIpc) is 3.70. The second-order valence-electron chi connectivity index (χ2n) is 9.42. The van der Waals surface area contributed by atoms with Gasteiger partial charge < -0.3 is 19.6 Å². The van der Waals surface area contributed by atoms with Crippen LogP contribution in [-0.4, -0.2) is 70.6 Å². The molecule has 1 saturated carbocycles. The van der Waals surface area contributed by atoms with E-state index in [2.05, 4.69) is 16.8 Å². The van der Waals surface area contributed by atoms with E-state index >= 15 is 0 Å². The van der Waals surface area contributed by atoms with E-state index in [1.54, 1.807) is 48.0 Å². The minimum atomic E-state index is -0.428. The lowest BCUT2D eigenvalue weighted by Crippen LogP contribution is -2.50. The summed E-state index contributed by atoms with van der Waals surface area (Å²) in [5.74, 6) is 5.14. The Labute approximate surface area is 204 Å². The first-order valence-corrected chi connectivity index (χ1v) is 11.9. The molecule has 0 saturated heterocycles. The number of benzene rings is 1. The number of ether oxygens (including phenoxy) is 1. The Morgan fingerprint density at radius 2 is 2.09 bits per heavy atom. The fraction of sp³-hybridized carbons (Fsp3) is 0.444. The van der Waals surface area contributed by atoms with Crippen LogP contribution in [0.3, 0.4) is 0 Å². The molecule has 0 spiro atoms. The summed E-state index contributed by atoms with van der Waals surface area (Å²) in [7, 11) is 1.77. The van der Waals surface area contributed by atoms with Crippen LogP contribution in [0.5, 0.6) is 5.88 Å². The Morgan fingerprint density at radius 1 is 1.34 bits per heavy atom. The molecule has 184 valence electrons. The molecule has 0 bridgehead atoms. The molecule has 2 amide bonds. The molecule has 7 nitrogen and oxygen atoms in total. The lowest BCUT2D eigenvalue weighted by Gasteiger charge is -2.37. The van der Waals surface area contributed by atoms with Crippen molar-refractivity contribution < 1.29 is 23.8 Å². The predicted octanol–water partition coefficient (Wildman–Crippen LogP) is 2.71. The number of hydrogen-bond acceptors (Lipinski definition) is 5.